The summed E-state index contributed by atoms with van der Waals surface area (Å²) in [5.41, 5.74) is 11.4. The number of rotatable bonds is 9. The van der Waals surface area contributed by atoms with E-state index in [1.165, 1.54) is 28.1 Å². The van der Waals surface area contributed by atoms with Crippen molar-refractivity contribution < 1.29 is 0 Å². The molecule has 1 aliphatic carbocycles. The Labute approximate surface area is 239 Å². The Kier molecular flexibility index (Phi) is 8.27. The van der Waals surface area contributed by atoms with Crippen LogP contribution in [0, 0.1) is 0 Å². The van der Waals surface area contributed by atoms with Crippen LogP contribution in [0.25, 0.3) is 11.1 Å². The molecule has 2 heteroatoms. The fourth-order valence-corrected chi connectivity index (χ4v) is 5.11. The second-order valence-corrected chi connectivity index (χ2v) is 10.2. The van der Waals surface area contributed by atoms with E-state index in [0.717, 1.165) is 41.2 Å². The summed E-state index contributed by atoms with van der Waals surface area (Å²) in [6, 6.07) is 38.5. The van der Waals surface area contributed by atoms with Gasteiger partial charge in [0.25, 0.3) is 0 Å². The van der Waals surface area contributed by atoms with Crippen LogP contribution in [0.15, 0.2) is 169 Å². The molecule has 40 heavy (non-hydrogen) atoms. The van der Waals surface area contributed by atoms with Crippen molar-refractivity contribution in [1.82, 2.24) is 0 Å². The summed E-state index contributed by atoms with van der Waals surface area (Å²) in [6.45, 7) is 12.4. The van der Waals surface area contributed by atoms with Gasteiger partial charge in [-0.3, -0.25) is 0 Å². The molecule has 0 saturated heterocycles. The van der Waals surface area contributed by atoms with Crippen molar-refractivity contribution in [2.75, 3.05) is 9.80 Å². The van der Waals surface area contributed by atoms with E-state index in [0.29, 0.717) is 0 Å². The van der Waals surface area contributed by atoms with Crippen molar-refractivity contribution >= 4 is 22.7 Å². The van der Waals surface area contributed by atoms with E-state index >= 15 is 0 Å². The lowest BCUT2D eigenvalue weighted by atomic mass is 10.0. The molecule has 0 heterocycles. The van der Waals surface area contributed by atoms with Gasteiger partial charge in [-0.25, -0.2) is 0 Å². The standard InChI is InChI=1S/C38H36N2/c1-5-33(27-29(2)3)39(34-14-8-6-9-15-34)36-23-19-31(20-24-36)32-21-25-37(26-22-32)40(35-16-10-7-11-17-35)38-18-12-13-30(4)28-38/h5-11,14-28H,1-2,12-13H2,3-4H3/b33-27+. The minimum absolute atomic E-state index is 0.978. The lowest BCUT2D eigenvalue weighted by Crippen LogP contribution is -2.16. The Morgan fingerprint density at radius 1 is 0.700 bits per heavy atom. The van der Waals surface area contributed by atoms with Crippen molar-refractivity contribution in [3.63, 3.8) is 0 Å². The molecule has 2 nitrogen and oxygen atoms in total. The van der Waals surface area contributed by atoms with Crippen molar-refractivity contribution in [3.05, 3.63) is 169 Å². The molecule has 198 valence electrons. The molecule has 0 aromatic heterocycles. The highest BCUT2D eigenvalue weighted by Gasteiger charge is 2.16. The quantitative estimate of drug-likeness (QED) is 0.203. The van der Waals surface area contributed by atoms with Gasteiger partial charge in [0.15, 0.2) is 0 Å². The van der Waals surface area contributed by atoms with Crippen LogP contribution in [0.1, 0.15) is 26.7 Å². The summed E-state index contributed by atoms with van der Waals surface area (Å²) >= 11 is 0. The van der Waals surface area contributed by atoms with Crippen molar-refractivity contribution in [2.24, 2.45) is 0 Å². The Balaban J connectivity index is 1.46. The molecule has 4 aromatic carbocycles. The van der Waals surface area contributed by atoms with Crippen LogP contribution in [0.4, 0.5) is 22.7 Å². The van der Waals surface area contributed by atoms with Gasteiger partial charge >= 0.3 is 0 Å². The summed E-state index contributed by atoms with van der Waals surface area (Å²) < 4.78 is 0. The van der Waals surface area contributed by atoms with Crippen LogP contribution in [0.3, 0.4) is 0 Å². The van der Waals surface area contributed by atoms with Gasteiger partial charge in [0.05, 0.1) is 0 Å². The van der Waals surface area contributed by atoms with Crippen molar-refractivity contribution in [1.29, 1.82) is 0 Å². The molecule has 0 amide bonds. The van der Waals surface area contributed by atoms with Crippen LogP contribution in [0.2, 0.25) is 0 Å². The lowest BCUT2D eigenvalue weighted by molar-refractivity contribution is 0.933. The number of benzene rings is 4. The van der Waals surface area contributed by atoms with E-state index in [2.05, 4.69) is 151 Å². The normalized spacial score (nSPS) is 13.2. The molecule has 0 aliphatic heterocycles. The minimum atomic E-state index is 0.978. The fraction of sp³-hybridized carbons (Fsp3) is 0.105. The summed E-state index contributed by atoms with van der Waals surface area (Å²) in [5, 5.41) is 0. The van der Waals surface area contributed by atoms with Gasteiger partial charge in [-0.1, -0.05) is 91.0 Å². The van der Waals surface area contributed by atoms with Crippen LogP contribution in [0.5, 0.6) is 0 Å². The zero-order chi connectivity index (χ0) is 27.9. The van der Waals surface area contributed by atoms with E-state index < -0.39 is 0 Å². The van der Waals surface area contributed by atoms with Crippen molar-refractivity contribution in [3.8, 4) is 11.1 Å². The molecule has 0 saturated carbocycles. The van der Waals surface area contributed by atoms with E-state index in [1.54, 1.807) is 0 Å². The predicted molar refractivity (Wildman–Crippen MR) is 173 cm³/mol. The first-order valence-corrected chi connectivity index (χ1v) is 13.8. The van der Waals surface area contributed by atoms with Crippen LogP contribution >= 0.6 is 0 Å². The Hall–Kier alpha value is -4.82. The average molecular weight is 521 g/mol. The Morgan fingerprint density at radius 3 is 1.73 bits per heavy atom. The maximum Gasteiger partial charge on any atom is 0.0462 e. The molecule has 0 unspecified atom stereocenters. The lowest BCUT2D eigenvalue weighted by Gasteiger charge is -2.28. The molecule has 0 fully saturated rings. The van der Waals surface area contributed by atoms with Gasteiger partial charge in [0.1, 0.15) is 0 Å². The predicted octanol–water partition coefficient (Wildman–Crippen LogP) is 10.9. The second-order valence-electron chi connectivity index (χ2n) is 10.2. The topological polar surface area (TPSA) is 6.48 Å². The highest BCUT2D eigenvalue weighted by Crippen LogP contribution is 2.36. The van der Waals surface area contributed by atoms with Crippen LogP contribution in [-0.4, -0.2) is 0 Å². The summed E-state index contributed by atoms with van der Waals surface area (Å²) in [6.07, 6.45) is 10.8. The molecule has 0 bridgehead atoms. The second kappa shape index (κ2) is 12.4. The van der Waals surface area contributed by atoms with E-state index in [9.17, 15) is 0 Å². The third-order valence-electron chi connectivity index (χ3n) is 7.02. The van der Waals surface area contributed by atoms with Crippen molar-refractivity contribution in [2.45, 2.75) is 26.7 Å². The maximum absolute atomic E-state index is 4.08. The van der Waals surface area contributed by atoms with Gasteiger partial charge in [-0.2, -0.15) is 0 Å². The van der Waals surface area contributed by atoms with E-state index in [4.69, 9.17) is 0 Å². The fourth-order valence-electron chi connectivity index (χ4n) is 5.11. The number of nitrogens with zero attached hydrogens (tertiary/aromatic N) is 2. The average Bonchev–Trinajstić information content (AvgIpc) is 2.99. The van der Waals surface area contributed by atoms with Gasteiger partial charge in [0, 0.05) is 34.1 Å². The Bertz CT molecular complexity index is 1550. The number of anilines is 4. The SMILES string of the molecule is C=C/C(=C\C(=C)C)N(c1ccccc1)c1ccc(-c2ccc(N(C3=CCCC(C)=C3)c3ccccc3)cc2)cc1. The molecule has 0 N–H and O–H groups in total. The first-order valence-electron chi connectivity index (χ1n) is 13.8. The van der Waals surface area contributed by atoms with Gasteiger partial charge in [0.2, 0.25) is 0 Å². The molecular formula is C38H36N2. The summed E-state index contributed by atoms with van der Waals surface area (Å²) in [5.74, 6) is 0. The highest BCUT2D eigenvalue weighted by atomic mass is 15.2. The molecule has 0 atom stereocenters. The van der Waals surface area contributed by atoms with Crippen LogP contribution < -0.4 is 9.80 Å². The molecule has 1 aliphatic rings. The zero-order valence-corrected chi connectivity index (χ0v) is 23.4. The monoisotopic (exact) mass is 520 g/mol. The first-order chi connectivity index (χ1) is 19.5. The highest BCUT2D eigenvalue weighted by molar-refractivity contribution is 5.76. The first kappa shape index (κ1) is 26.8. The molecule has 5 rings (SSSR count). The van der Waals surface area contributed by atoms with Gasteiger partial charge in [-0.15, -0.1) is 0 Å². The van der Waals surface area contributed by atoms with E-state index in [-0.39, 0.29) is 0 Å². The number of allylic oxidation sites excluding steroid dienone is 6. The van der Waals surface area contributed by atoms with E-state index in [1.807, 2.05) is 19.1 Å². The molecular weight excluding hydrogens is 484 g/mol. The zero-order valence-electron chi connectivity index (χ0n) is 23.4. The Morgan fingerprint density at radius 2 is 1.20 bits per heavy atom. The molecule has 4 aromatic rings. The third-order valence-corrected chi connectivity index (χ3v) is 7.02. The number of hydrogen-bond donors (Lipinski definition) is 0. The smallest absolute Gasteiger partial charge is 0.0462 e. The maximum atomic E-state index is 4.08. The van der Waals surface area contributed by atoms with Gasteiger partial charge < -0.3 is 9.80 Å². The molecule has 0 radical (unpaired) electrons. The summed E-state index contributed by atoms with van der Waals surface area (Å²) in [7, 11) is 0. The van der Waals surface area contributed by atoms with Gasteiger partial charge in [-0.05, 0) is 105 Å². The minimum Gasteiger partial charge on any atom is -0.311 e. The number of hydrogen-bond acceptors (Lipinski definition) is 2. The molecule has 0 spiro atoms. The largest absolute Gasteiger partial charge is 0.311 e. The third kappa shape index (κ3) is 6.08. The number of para-hydroxylation sites is 2. The summed E-state index contributed by atoms with van der Waals surface area (Å²) in [4.78, 5) is 4.55. The van der Waals surface area contributed by atoms with Crippen LogP contribution in [-0.2, 0) is 0 Å².